The average molecular weight is 404 g/mol. The van der Waals surface area contributed by atoms with Crippen molar-refractivity contribution in [2.24, 2.45) is 0 Å². The van der Waals surface area contributed by atoms with Crippen LogP contribution in [0.1, 0.15) is 12.0 Å². The zero-order valence-electron chi connectivity index (χ0n) is 14.9. The predicted molar refractivity (Wildman–Crippen MR) is 114 cm³/mol. The Labute approximate surface area is 171 Å². The molecule has 142 valence electrons. The highest BCUT2D eigenvalue weighted by Gasteiger charge is 2.04. The molecule has 0 fully saturated rings. The van der Waals surface area contributed by atoms with Crippen molar-refractivity contribution in [2.45, 2.75) is 19.5 Å². The van der Waals surface area contributed by atoms with Crippen molar-refractivity contribution in [3.63, 3.8) is 0 Å². The summed E-state index contributed by atoms with van der Waals surface area (Å²) in [4.78, 5) is 0. The molecule has 27 heavy (non-hydrogen) atoms. The Morgan fingerprint density at radius 3 is 2.44 bits per heavy atom. The second kappa shape index (κ2) is 10.1. The molecule has 4 rings (SSSR count). The first kappa shape index (κ1) is 21.0. The number of rotatable bonds is 7. The molecule has 0 aliphatic carbocycles. The molecule has 0 radical (unpaired) electrons. The third kappa shape index (κ3) is 5.10. The van der Waals surface area contributed by atoms with Crippen LogP contribution in [-0.2, 0) is 13.1 Å². The average Bonchev–Trinajstić information content (AvgIpc) is 3.32. The van der Waals surface area contributed by atoms with E-state index in [9.17, 15) is 0 Å². The van der Waals surface area contributed by atoms with Crippen LogP contribution >= 0.6 is 24.8 Å². The van der Waals surface area contributed by atoms with Crippen molar-refractivity contribution in [3.05, 3.63) is 79.0 Å². The first-order chi connectivity index (χ1) is 12.4. The summed E-state index contributed by atoms with van der Waals surface area (Å²) in [5.41, 5.74) is 3.65. The number of fused-ring (bicyclic) bond motifs is 1. The summed E-state index contributed by atoms with van der Waals surface area (Å²) in [6.07, 6.45) is 6.70. The number of halogens is 2. The Morgan fingerprint density at radius 2 is 1.67 bits per heavy atom. The van der Waals surface area contributed by atoms with Gasteiger partial charge in [0.05, 0.1) is 11.2 Å². The second-order valence-corrected chi connectivity index (χ2v) is 6.14. The lowest BCUT2D eigenvalue weighted by Crippen LogP contribution is -2.16. The molecule has 0 saturated carbocycles. The lowest BCUT2D eigenvalue weighted by molar-refractivity contribution is 0.591. The van der Waals surface area contributed by atoms with Gasteiger partial charge in [-0.3, -0.25) is 4.57 Å². The zero-order chi connectivity index (χ0) is 16.9. The monoisotopic (exact) mass is 403 g/mol. The predicted octanol–water partition coefficient (Wildman–Crippen LogP) is 4.25. The normalized spacial score (nSPS) is 10.4. The molecule has 0 spiro atoms. The molecule has 0 bridgehead atoms. The Balaban J connectivity index is 0.00000131. The Bertz CT molecular complexity index is 936. The maximum absolute atomic E-state index is 3.88. The third-order valence-electron chi connectivity index (χ3n) is 4.40. The number of hydrogen-bond acceptors (Lipinski definition) is 3. The van der Waals surface area contributed by atoms with E-state index in [0.717, 1.165) is 31.7 Å². The van der Waals surface area contributed by atoms with E-state index in [2.05, 4.69) is 80.9 Å². The van der Waals surface area contributed by atoms with Crippen LogP contribution in [0.2, 0.25) is 0 Å². The number of nitrogens with zero attached hydrogens (tertiary/aromatic N) is 4. The molecule has 0 unspecified atom stereocenters. The van der Waals surface area contributed by atoms with E-state index in [1.807, 2.05) is 4.57 Å². The quantitative estimate of drug-likeness (QED) is 0.469. The van der Waals surface area contributed by atoms with Crippen LogP contribution in [0.3, 0.4) is 0 Å². The highest BCUT2D eigenvalue weighted by atomic mass is 35.5. The van der Waals surface area contributed by atoms with Crippen LogP contribution in [-0.4, -0.2) is 25.9 Å². The lowest BCUT2D eigenvalue weighted by atomic mass is 10.2. The lowest BCUT2D eigenvalue weighted by Gasteiger charge is -2.08. The molecule has 2 aromatic carbocycles. The van der Waals surface area contributed by atoms with E-state index in [-0.39, 0.29) is 24.8 Å². The van der Waals surface area contributed by atoms with Gasteiger partial charge in [-0.25, -0.2) is 0 Å². The van der Waals surface area contributed by atoms with Crippen molar-refractivity contribution < 1.29 is 0 Å². The minimum atomic E-state index is 0. The summed E-state index contributed by atoms with van der Waals surface area (Å²) in [5.74, 6) is 0. The summed E-state index contributed by atoms with van der Waals surface area (Å²) in [6, 6.07) is 19.1. The van der Waals surface area contributed by atoms with Gasteiger partial charge in [-0.15, -0.1) is 35.0 Å². The minimum absolute atomic E-state index is 0. The molecule has 4 aromatic rings. The van der Waals surface area contributed by atoms with E-state index in [0.29, 0.717) is 0 Å². The minimum Gasteiger partial charge on any atom is -0.347 e. The van der Waals surface area contributed by atoms with Gasteiger partial charge in [-0.05, 0) is 42.1 Å². The fourth-order valence-corrected chi connectivity index (χ4v) is 3.06. The maximum atomic E-state index is 3.88. The molecule has 7 heteroatoms. The number of aryl methyl sites for hydroxylation is 1. The Morgan fingerprint density at radius 1 is 0.889 bits per heavy atom. The molecular weight excluding hydrogens is 381 g/mol. The van der Waals surface area contributed by atoms with Crippen LogP contribution in [0.25, 0.3) is 16.6 Å². The summed E-state index contributed by atoms with van der Waals surface area (Å²) < 4.78 is 4.24. The van der Waals surface area contributed by atoms with Crippen LogP contribution < -0.4 is 5.32 Å². The molecule has 0 atom stereocenters. The van der Waals surface area contributed by atoms with Crippen molar-refractivity contribution >= 4 is 35.7 Å². The van der Waals surface area contributed by atoms with Crippen molar-refractivity contribution in [2.75, 3.05) is 6.54 Å². The third-order valence-corrected chi connectivity index (χ3v) is 4.40. The number of aromatic nitrogens is 4. The molecule has 2 aromatic heterocycles. The molecule has 0 saturated heterocycles. The van der Waals surface area contributed by atoms with Gasteiger partial charge in [0.25, 0.3) is 0 Å². The van der Waals surface area contributed by atoms with Crippen LogP contribution in [0.4, 0.5) is 0 Å². The maximum Gasteiger partial charge on any atom is 0.123 e. The molecular formula is C20H23Cl2N5. The molecule has 5 nitrogen and oxygen atoms in total. The summed E-state index contributed by atoms with van der Waals surface area (Å²) in [7, 11) is 0. The van der Waals surface area contributed by atoms with Gasteiger partial charge < -0.3 is 9.88 Å². The van der Waals surface area contributed by atoms with Gasteiger partial charge in [0.15, 0.2) is 0 Å². The SMILES string of the molecule is Cl.Cl.c1ccc(CNCCCn2ccc3ccc(-n4cnnc4)cc32)cc1. The fourth-order valence-electron chi connectivity index (χ4n) is 3.06. The van der Waals surface area contributed by atoms with E-state index in [1.54, 1.807) is 12.7 Å². The highest BCUT2D eigenvalue weighted by molar-refractivity contribution is 5.85. The first-order valence-corrected chi connectivity index (χ1v) is 8.59. The molecule has 0 aliphatic rings. The van der Waals surface area contributed by atoms with E-state index in [4.69, 9.17) is 0 Å². The van der Waals surface area contributed by atoms with Gasteiger partial charge in [0, 0.05) is 19.3 Å². The van der Waals surface area contributed by atoms with Crippen molar-refractivity contribution in [1.29, 1.82) is 0 Å². The van der Waals surface area contributed by atoms with Crippen molar-refractivity contribution in [1.82, 2.24) is 24.6 Å². The fraction of sp³-hybridized carbons (Fsp3) is 0.200. The van der Waals surface area contributed by atoms with Crippen LogP contribution in [0, 0.1) is 0 Å². The molecule has 2 heterocycles. The van der Waals surface area contributed by atoms with Gasteiger partial charge >= 0.3 is 0 Å². The smallest absolute Gasteiger partial charge is 0.123 e. The molecule has 0 amide bonds. The van der Waals surface area contributed by atoms with Crippen LogP contribution in [0.5, 0.6) is 0 Å². The van der Waals surface area contributed by atoms with Crippen molar-refractivity contribution in [3.8, 4) is 5.69 Å². The second-order valence-electron chi connectivity index (χ2n) is 6.14. The van der Waals surface area contributed by atoms with E-state index >= 15 is 0 Å². The number of hydrogen-bond donors (Lipinski definition) is 1. The van der Waals surface area contributed by atoms with E-state index in [1.165, 1.54) is 16.5 Å². The first-order valence-electron chi connectivity index (χ1n) is 8.59. The summed E-state index contributed by atoms with van der Waals surface area (Å²) in [5, 5.41) is 12.5. The molecule has 1 N–H and O–H groups in total. The van der Waals surface area contributed by atoms with Gasteiger partial charge in [0.2, 0.25) is 0 Å². The van der Waals surface area contributed by atoms with Gasteiger partial charge in [-0.2, -0.15) is 0 Å². The van der Waals surface area contributed by atoms with Gasteiger partial charge in [0.1, 0.15) is 12.7 Å². The molecule has 0 aliphatic heterocycles. The highest BCUT2D eigenvalue weighted by Crippen LogP contribution is 2.20. The van der Waals surface area contributed by atoms with Crippen LogP contribution in [0.15, 0.2) is 73.4 Å². The van der Waals surface area contributed by atoms with E-state index < -0.39 is 0 Å². The largest absolute Gasteiger partial charge is 0.347 e. The zero-order valence-corrected chi connectivity index (χ0v) is 16.5. The number of benzene rings is 2. The summed E-state index contributed by atoms with van der Waals surface area (Å²) in [6.45, 7) is 2.92. The Kier molecular flexibility index (Phi) is 7.85. The topological polar surface area (TPSA) is 47.7 Å². The summed E-state index contributed by atoms with van der Waals surface area (Å²) >= 11 is 0. The number of nitrogens with one attached hydrogen (secondary N) is 1. The van der Waals surface area contributed by atoms with Gasteiger partial charge in [-0.1, -0.05) is 36.4 Å². The standard InChI is InChI=1S/C20H21N5.2ClH/c1-2-5-17(6-3-1)14-21-10-4-11-24-12-9-18-7-8-19(13-20(18)24)25-15-22-23-16-25;;/h1-3,5-9,12-13,15-16,21H,4,10-11,14H2;2*1H. The Hall–Kier alpha value is -2.34.